The Bertz CT molecular complexity index is 886. The molecule has 1 aliphatic heterocycles. The maximum Gasteiger partial charge on any atom is 0.254 e. The van der Waals surface area contributed by atoms with E-state index in [1.807, 2.05) is 18.2 Å². The van der Waals surface area contributed by atoms with Crippen LogP contribution in [-0.2, 0) is 11.2 Å². The third-order valence-corrected chi connectivity index (χ3v) is 4.39. The SMILES string of the molecule is CCCc1nc([C@@H]2CN(C(=O)c3cccc4[nH]ncc34)CCO2)n[nH]1. The van der Waals surface area contributed by atoms with Crippen LogP contribution in [0.3, 0.4) is 0 Å². The highest BCUT2D eigenvalue weighted by Crippen LogP contribution is 2.23. The molecule has 1 aromatic carbocycles. The van der Waals surface area contributed by atoms with Gasteiger partial charge in [0.2, 0.25) is 0 Å². The number of aromatic nitrogens is 5. The van der Waals surface area contributed by atoms with E-state index in [9.17, 15) is 4.79 Å². The van der Waals surface area contributed by atoms with Gasteiger partial charge in [-0.3, -0.25) is 15.0 Å². The van der Waals surface area contributed by atoms with Crippen LogP contribution in [-0.4, -0.2) is 55.9 Å². The number of benzene rings is 1. The van der Waals surface area contributed by atoms with Gasteiger partial charge in [-0.1, -0.05) is 13.0 Å². The highest BCUT2D eigenvalue weighted by atomic mass is 16.5. The Morgan fingerprint density at radius 1 is 1.40 bits per heavy atom. The number of fused-ring (bicyclic) bond motifs is 1. The fraction of sp³-hybridized carbons (Fsp3) is 0.412. The lowest BCUT2D eigenvalue weighted by Crippen LogP contribution is -2.42. The fourth-order valence-electron chi connectivity index (χ4n) is 3.12. The van der Waals surface area contributed by atoms with Crippen LogP contribution in [0.15, 0.2) is 24.4 Å². The lowest BCUT2D eigenvalue weighted by Gasteiger charge is -2.31. The number of hydrogen-bond acceptors (Lipinski definition) is 5. The molecule has 130 valence electrons. The van der Waals surface area contributed by atoms with E-state index in [4.69, 9.17) is 4.74 Å². The highest BCUT2D eigenvalue weighted by molar-refractivity contribution is 6.06. The first-order valence-electron chi connectivity index (χ1n) is 8.50. The number of rotatable bonds is 4. The zero-order chi connectivity index (χ0) is 17.2. The summed E-state index contributed by atoms with van der Waals surface area (Å²) in [5, 5.41) is 15.0. The van der Waals surface area contributed by atoms with E-state index in [-0.39, 0.29) is 12.0 Å². The van der Waals surface area contributed by atoms with Crippen LogP contribution in [0.2, 0.25) is 0 Å². The van der Waals surface area contributed by atoms with Gasteiger partial charge in [-0.15, -0.1) is 0 Å². The van der Waals surface area contributed by atoms with Crippen molar-refractivity contribution in [1.82, 2.24) is 30.3 Å². The smallest absolute Gasteiger partial charge is 0.254 e. The van der Waals surface area contributed by atoms with Crippen molar-refractivity contribution in [1.29, 1.82) is 0 Å². The summed E-state index contributed by atoms with van der Waals surface area (Å²) in [6.45, 7) is 3.55. The number of carbonyl (C=O) groups excluding carboxylic acids is 1. The second-order valence-electron chi connectivity index (χ2n) is 6.14. The molecule has 8 heteroatoms. The molecule has 0 radical (unpaired) electrons. The fourth-order valence-corrected chi connectivity index (χ4v) is 3.12. The Labute approximate surface area is 144 Å². The minimum Gasteiger partial charge on any atom is -0.366 e. The van der Waals surface area contributed by atoms with E-state index in [0.29, 0.717) is 31.1 Å². The molecule has 0 bridgehead atoms. The molecule has 3 heterocycles. The molecular weight excluding hydrogens is 320 g/mol. The molecule has 0 aliphatic carbocycles. The van der Waals surface area contributed by atoms with E-state index in [1.165, 1.54) is 0 Å². The van der Waals surface area contributed by atoms with Gasteiger partial charge in [0.15, 0.2) is 5.82 Å². The Balaban J connectivity index is 1.54. The molecule has 25 heavy (non-hydrogen) atoms. The second-order valence-corrected chi connectivity index (χ2v) is 6.14. The van der Waals surface area contributed by atoms with Crippen molar-refractivity contribution in [3.8, 4) is 0 Å². The number of hydrogen-bond donors (Lipinski definition) is 2. The molecular formula is C17H20N6O2. The van der Waals surface area contributed by atoms with Crippen LogP contribution < -0.4 is 0 Å². The van der Waals surface area contributed by atoms with Crippen molar-refractivity contribution in [3.63, 3.8) is 0 Å². The molecule has 1 amide bonds. The lowest BCUT2D eigenvalue weighted by molar-refractivity contribution is -0.0266. The summed E-state index contributed by atoms with van der Waals surface area (Å²) in [6, 6.07) is 5.60. The normalized spacial score (nSPS) is 18.0. The van der Waals surface area contributed by atoms with Gasteiger partial charge < -0.3 is 9.64 Å². The van der Waals surface area contributed by atoms with Gasteiger partial charge in [-0.2, -0.15) is 10.2 Å². The molecule has 0 saturated carbocycles. The number of ether oxygens (including phenoxy) is 1. The first-order valence-corrected chi connectivity index (χ1v) is 8.50. The summed E-state index contributed by atoms with van der Waals surface area (Å²) in [7, 11) is 0. The summed E-state index contributed by atoms with van der Waals surface area (Å²) in [5.74, 6) is 1.44. The standard InChI is InChI=1S/C17H20N6O2/c1-2-4-15-19-16(22-21-15)14-10-23(7-8-25-14)17(24)11-5-3-6-13-12(11)9-18-20-13/h3,5-6,9,14H,2,4,7-8,10H2,1H3,(H,18,20)(H,19,21,22)/t14-/m0/s1. The van der Waals surface area contributed by atoms with E-state index < -0.39 is 0 Å². The van der Waals surface area contributed by atoms with Crippen molar-refractivity contribution in [2.75, 3.05) is 19.7 Å². The molecule has 3 aromatic rings. The average molecular weight is 340 g/mol. The number of aromatic amines is 2. The predicted octanol–water partition coefficient (Wildman–Crippen LogP) is 1.85. The van der Waals surface area contributed by atoms with E-state index in [1.54, 1.807) is 11.1 Å². The van der Waals surface area contributed by atoms with Gasteiger partial charge in [-0.25, -0.2) is 4.98 Å². The van der Waals surface area contributed by atoms with E-state index in [2.05, 4.69) is 32.3 Å². The van der Waals surface area contributed by atoms with Crippen molar-refractivity contribution >= 4 is 16.8 Å². The minimum absolute atomic E-state index is 0.0235. The Kier molecular flexibility index (Phi) is 4.19. The summed E-state index contributed by atoms with van der Waals surface area (Å²) in [4.78, 5) is 19.3. The van der Waals surface area contributed by atoms with Gasteiger partial charge in [-0.05, 0) is 18.6 Å². The number of nitrogens with one attached hydrogen (secondary N) is 2. The Morgan fingerprint density at radius 2 is 2.32 bits per heavy atom. The van der Waals surface area contributed by atoms with Gasteiger partial charge in [0.05, 0.1) is 30.4 Å². The summed E-state index contributed by atoms with van der Waals surface area (Å²) in [6.07, 6.45) is 3.24. The van der Waals surface area contributed by atoms with Gasteiger partial charge in [0.25, 0.3) is 5.91 Å². The van der Waals surface area contributed by atoms with Crippen LogP contribution in [0, 0.1) is 0 Å². The second kappa shape index (κ2) is 6.64. The number of carbonyl (C=O) groups is 1. The summed E-state index contributed by atoms with van der Waals surface area (Å²) in [5.41, 5.74) is 1.50. The van der Waals surface area contributed by atoms with Gasteiger partial charge in [0.1, 0.15) is 11.9 Å². The maximum atomic E-state index is 13.0. The molecule has 2 N–H and O–H groups in total. The quantitative estimate of drug-likeness (QED) is 0.755. The monoisotopic (exact) mass is 340 g/mol. The first-order chi connectivity index (χ1) is 12.3. The molecule has 0 spiro atoms. The molecule has 4 rings (SSSR count). The Hall–Kier alpha value is -2.74. The Morgan fingerprint density at radius 3 is 3.20 bits per heavy atom. The maximum absolute atomic E-state index is 13.0. The molecule has 0 unspecified atom stereocenters. The van der Waals surface area contributed by atoms with Gasteiger partial charge >= 0.3 is 0 Å². The van der Waals surface area contributed by atoms with Crippen LogP contribution in [0.1, 0.15) is 41.5 Å². The third kappa shape index (κ3) is 3.00. The summed E-state index contributed by atoms with van der Waals surface area (Å²) < 4.78 is 5.79. The molecule has 1 aliphatic rings. The zero-order valence-corrected chi connectivity index (χ0v) is 14.0. The predicted molar refractivity (Wildman–Crippen MR) is 91.1 cm³/mol. The highest BCUT2D eigenvalue weighted by Gasteiger charge is 2.29. The number of morpholine rings is 1. The van der Waals surface area contributed by atoms with Crippen LogP contribution in [0.4, 0.5) is 0 Å². The number of H-pyrrole nitrogens is 2. The molecule has 8 nitrogen and oxygen atoms in total. The largest absolute Gasteiger partial charge is 0.366 e. The van der Waals surface area contributed by atoms with E-state index >= 15 is 0 Å². The van der Waals surface area contributed by atoms with E-state index in [0.717, 1.165) is 29.6 Å². The van der Waals surface area contributed by atoms with Crippen molar-refractivity contribution in [3.05, 3.63) is 41.6 Å². The molecule has 1 saturated heterocycles. The first kappa shape index (κ1) is 15.8. The van der Waals surface area contributed by atoms with Crippen molar-refractivity contribution in [2.45, 2.75) is 25.9 Å². The third-order valence-electron chi connectivity index (χ3n) is 4.39. The van der Waals surface area contributed by atoms with Crippen LogP contribution >= 0.6 is 0 Å². The number of aryl methyl sites for hydroxylation is 1. The molecule has 1 fully saturated rings. The number of amides is 1. The van der Waals surface area contributed by atoms with Crippen LogP contribution in [0.25, 0.3) is 10.9 Å². The van der Waals surface area contributed by atoms with Crippen molar-refractivity contribution < 1.29 is 9.53 Å². The summed E-state index contributed by atoms with van der Waals surface area (Å²) >= 11 is 0. The molecule has 2 aromatic heterocycles. The average Bonchev–Trinajstić information content (AvgIpc) is 3.30. The van der Waals surface area contributed by atoms with Gasteiger partial charge in [0, 0.05) is 18.4 Å². The zero-order valence-electron chi connectivity index (χ0n) is 14.0. The van der Waals surface area contributed by atoms with Crippen LogP contribution in [0.5, 0.6) is 0 Å². The van der Waals surface area contributed by atoms with Crippen molar-refractivity contribution in [2.24, 2.45) is 0 Å². The molecule has 1 atom stereocenters. The lowest BCUT2D eigenvalue weighted by atomic mass is 10.1. The topological polar surface area (TPSA) is 99.8 Å². The number of nitrogens with zero attached hydrogens (tertiary/aromatic N) is 4. The minimum atomic E-state index is -0.303.